The lowest BCUT2D eigenvalue weighted by molar-refractivity contribution is 0.277. The molecule has 124 valence electrons. The van der Waals surface area contributed by atoms with Gasteiger partial charge in [0, 0.05) is 29.7 Å². The summed E-state index contributed by atoms with van der Waals surface area (Å²) in [5.41, 5.74) is 1.96. The van der Waals surface area contributed by atoms with Gasteiger partial charge in [0.2, 0.25) is 5.82 Å². The summed E-state index contributed by atoms with van der Waals surface area (Å²) in [4.78, 5) is 4.34. The molecule has 3 aromatic rings. The first kappa shape index (κ1) is 16.5. The molecule has 1 heterocycles. The van der Waals surface area contributed by atoms with Crippen LogP contribution in [0.1, 0.15) is 17.9 Å². The molecule has 0 saturated carbocycles. The molecule has 0 spiro atoms. The van der Waals surface area contributed by atoms with Crippen LogP contribution < -0.4 is 5.32 Å². The summed E-state index contributed by atoms with van der Waals surface area (Å²) in [5, 5.41) is 17.0. The van der Waals surface area contributed by atoms with E-state index in [0.29, 0.717) is 29.8 Å². The zero-order valence-electron chi connectivity index (χ0n) is 13.0. The zero-order valence-corrected chi connectivity index (χ0v) is 13.8. The lowest BCUT2D eigenvalue weighted by atomic mass is 9.96. The summed E-state index contributed by atoms with van der Waals surface area (Å²) in [7, 11) is 0. The number of benzene rings is 2. The second kappa shape index (κ2) is 7.95. The molecule has 0 bridgehead atoms. The Labute approximate surface area is 145 Å². The van der Waals surface area contributed by atoms with Gasteiger partial charge in [-0.1, -0.05) is 59.2 Å². The molecule has 5 nitrogen and oxygen atoms in total. The molecule has 3 rings (SSSR count). The Morgan fingerprint density at radius 2 is 1.96 bits per heavy atom. The van der Waals surface area contributed by atoms with Crippen LogP contribution in [0.4, 0.5) is 6.01 Å². The fourth-order valence-corrected chi connectivity index (χ4v) is 2.71. The van der Waals surface area contributed by atoms with E-state index in [1.807, 2.05) is 42.5 Å². The minimum Gasteiger partial charge on any atom is -0.396 e. The summed E-state index contributed by atoms with van der Waals surface area (Å²) >= 11 is 5.98. The summed E-state index contributed by atoms with van der Waals surface area (Å²) in [6, 6.07) is 17.7. The third-order valence-corrected chi connectivity index (χ3v) is 3.99. The number of halogens is 1. The van der Waals surface area contributed by atoms with Crippen molar-refractivity contribution in [1.82, 2.24) is 10.1 Å². The van der Waals surface area contributed by atoms with Crippen LogP contribution >= 0.6 is 11.6 Å². The van der Waals surface area contributed by atoms with Crippen LogP contribution in [-0.4, -0.2) is 28.4 Å². The van der Waals surface area contributed by atoms with Gasteiger partial charge in [-0.3, -0.25) is 0 Å². The van der Waals surface area contributed by atoms with Crippen molar-refractivity contribution in [3.05, 3.63) is 65.2 Å². The van der Waals surface area contributed by atoms with Crippen molar-refractivity contribution in [1.29, 1.82) is 0 Å². The number of nitrogens with zero attached hydrogens (tertiary/aromatic N) is 2. The molecule has 24 heavy (non-hydrogen) atoms. The molecule has 1 unspecified atom stereocenters. The Morgan fingerprint density at radius 3 is 2.71 bits per heavy atom. The molecule has 6 heteroatoms. The van der Waals surface area contributed by atoms with Gasteiger partial charge in [-0.25, -0.2) is 0 Å². The van der Waals surface area contributed by atoms with Gasteiger partial charge in [0.1, 0.15) is 0 Å². The maximum Gasteiger partial charge on any atom is 0.321 e. The maximum absolute atomic E-state index is 9.28. The number of aliphatic hydroxyl groups excluding tert-OH is 1. The van der Waals surface area contributed by atoms with Crippen molar-refractivity contribution in [2.75, 3.05) is 18.5 Å². The topological polar surface area (TPSA) is 71.2 Å². The predicted octanol–water partition coefficient (Wildman–Crippen LogP) is 3.97. The van der Waals surface area contributed by atoms with E-state index in [2.05, 4.69) is 15.5 Å². The van der Waals surface area contributed by atoms with Crippen LogP contribution in [0, 0.1) is 0 Å². The van der Waals surface area contributed by atoms with Gasteiger partial charge in [-0.2, -0.15) is 4.98 Å². The van der Waals surface area contributed by atoms with E-state index in [1.165, 1.54) is 0 Å². The Hall–Kier alpha value is -2.37. The van der Waals surface area contributed by atoms with E-state index in [-0.39, 0.29) is 12.5 Å². The van der Waals surface area contributed by atoms with Crippen LogP contribution in [0.5, 0.6) is 0 Å². The third-order valence-electron chi connectivity index (χ3n) is 3.76. The summed E-state index contributed by atoms with van der Waals surface area (Å²) in [6.45, 7) is 0.723. The van der Waals surface area contributed by atoms with Gasteiger partial charge in [0.15, 0.2) is 0 Å². The van der Waals surface area contributed by atoms with Gasteiger partial charge in [0.25, 0.3) is 0 Å². The van der Waals surface area contributed by atoms with Crippen LogP contribution in [0.25, 0.3) is 11.4 Å². The molecule has 0 saturated heterocycles. The lowest BCUT2D eigenvalue weighted by Gasteiger charge is -2.15. The number of hydrogen-bond donors (Lipinski definition) is 2. The minimum atomic E-state index is 0.124. The first-order chi connectivity index (χ1) is 11.8. The first-order valence-corrected chi connectivity index (χ1v) is 8.13. The Kier molecular flexibility index (Phi) is 5.46. The predicted molar refractivity (Wildman–Crippen MR) is 94.1 cm³/mol. The largest absolute Gasteiger partial charge is 0.396 e. The fourth-order valence-electron chi connectivity index (χ4n) is 2.52. The molecule has 2 aromatic carbocycles. The van der Waals surface area contributed by atoms with Gasteiger partial charge in [-0.05, 0) is 24.1 Å². The molecule has 0 amide bonds. The average molecular weight is 344 g/mol. The number of anilines is 1. The normalized spacial score (nSPS) is 12.1. The molecule has 0 aliphatic heterocycles. The molecule has 0 radical (unpaired) electrons. The van der Waals surface area contributed by atoms with Crippen molar-refractivity contribution in [2.45, 2.75) is 12.3 Å². The zero-order chi connectivity index (χ0) is 16.8. The van der Waals surface area contributed by atoms with Crippen molar-refractivity contribution in [3.63, 3.8) is 0 Å². The van der Waals surface area contributed by atoms with Crippen molar-refractivity contribution >= 4 is 17.6 Å². The Bertz CT molecular complexity index is 777. The van der Waals surface area contributed by atoms with E-state index in [9.17, 15) is 5.11 Å². The molecule has 1 aromatic heterocycles. The molecule has 0 aliphatic carbocycles. The van der Waals surface area contributed by atoms with E-state index >= 15 is 0 Å². The highest BCUT2D eigenvalue weighted by Crippen LogP contribution is 2.23. The number of hydrogen-bond acceptors (Lipinski definition) is 5. The molecule has 1 atom stereocenters. The first-order valence-electron chi connectivity index (χ1n) is 7.75. The smallest absolute Gasteiger partial charge is 0.321 e. The Morgan fingerprint density at radius 1 is 1.12 bits per heavy atom. The number of aromatic nitrogens is 2. The van der Waals surface area contributed by atoms with Gasteiger partial charge >= 0.3 is 6.01 Å². The summed E-state index contributed by atoms with van der Waals surface area (Å²) in [5.74, 6) is 0.649. The fraction of sp³-hybridized carbons (Fsp3) is 0.222. The van der Waals surface area contributed by atoms with Crippen LogP contribution in [0.2, 0.25) is 5.02 Å². The van der Waals surface area contributed by atoms with Crippen molar-refractivity contribution < 1.29 is 9.63 Å². The van der Waals surface area contributed by atoms with E-state index in [0.717, 1.165) is 11.1 Å². The summed E-state index contributed by atoms with van der Waals surface area (Å²) < 4.78 is 5.25. The highest BCUT2D eigenvalue weighted by atomic mass is 35.5. The minimum absolute atomic E-state index is 0.124. The standard InChI is InChI=1S/C18H18ClN3O2/c19-16-8-4-7-14(11-16)17-21-18(24-22-17)20-12-15(9-10-23)13-5-2-1-3-6-13/h1-8,11,15,23H,9-10,12H2,(H,20,21,22). The summed E-state index contributed by atoms with van der Waals surface area (Å²) in [6.07, 6.45) is 0.659. The molecule has 0 aliphatic rings. The van der Waals surface area contributed by atoms with Crippen LogP contribution in [-0.2, 0) is 0 Å². The molecular weight excluding hydrogens is 326 g/mol. The van der Waals surface area contributed by atoms with Gasteiger partial charge < -0.3 is 14.9 Å². The number of rotatable bonds is 7. The maximum atomic E-state index is 9.28. The number of nitrogens with one attached hydrogen (secondary N) is 1. The lowest BCUT2D eigenvalue weighted by Crippen LogP contribution is -2.14. The van der Waals surface area contributed by atoms with E-state index in [1.54, 1.807) is 12.1 Å². The van der Waals surface area contributed by atoms with Gasteiger partial charge in [-0.15, -0.1) is 0 Å². The second-order valence-corrected chi connectivity index (χ2v) is 5.87. The van der Waals surface area contributed by atoms with Crippen LogP contribution in [0.15, 0.2) is 59.1 Å². The SMILES string of the molecule is OCCC(CNc1nc(-c2cccc(Cl)c2)no1)c1ccccc1. The van der Waals surface area contributed by atoms with E-state index in [4.69, 9.17) is 16.1 Å². The highest BCUT2D eigenvalue weighted by Gasteiger charge is 2.13. The Balaban J connectivity index is 1.68. The molecule has 2 N–H and O–H groups in total. The highest BCUT2D eigenvalue weighted by molar-refractivity contribution is 6.30. The molecular formula is C18H18ClN3O2. The second-order valence-electron chi connectivity index (χ2n) is 5.43. The van der Waals surface area contributed by atoms with E-state index < -0.39 is 0 Å². The van der Waals surface area contributed by atoms with Crippen molar-refractivity contribution in [2.24, 2.45) is 0 Å². The van der Waals surface area contributed by atoms with Gasteiger partial charge in [0.05, 0.1) is 0 Å². The number of aliphatic hydroxyl groups is 1. The van der Waals surface area contributed by atoms with Crippen molar-refractivity contribution in [3.8, 4) is 11.4 Å². The average Bonchev–Trinajstić information content (AvgIpc) is 3.08. The third kappa shape index (κ3) is 4.13. The quantitative estimate of drug-likeness (QED) is 0.679. The van der Waals surface area contributed by atoms with Crippen LogP contribution in [0.3, 0.4) is 0 Å². The monoisotopic (exact) mass is 343 g/mol. The molecule has 0 fully saturated rings.